The molecule has 0 bridgehead atoms. The molecule has 1 atom stereocenters. The Hall–Kier alpha value is -1.06. The van der Waals surface area contributed by atoms with Gasteiger partial charge in [-0.1, -0.05) is 26.8 Å². The molecule has 0 aliphatic heterocycles. The average Bonchev–Trinajstić information content (AvgIpc) is 2.38. The summed E-state index contributed by atoms with van der Waals surface area (Å²) in [6.07, 6.45) is 0. The molecule has 0 heterocycles. The third-order valence-electron chi connectivity index (χ3n) is 3.02. The predicted octanol–water partition coefficient (Wildman–Crippen LogP) is 3.54. The SMILES string of the molecule is CCNC(C)c1ccc(OC)c(COCC(C)C)c1. The Morgan fingerprint density at radius 2 is 1.95 bits per heavy atom. The number of nitrogens with one attached hydrogen (secondary N) is 1. The van der Waals surface area contributed by atoms with Crippen LogP contribution in [0.4, 0.5) is 0 Å². The van der Waals surface area contributed by atoms with Crippen molar-refractivity contribution in [3.63, 3.8) is 0 Å². The normalized spacial score (nSPS) is 12.7. The van der Waals surface area contributed by atoms with Crippen LogP contribution in [0, 0.1) is 5.92 Å². The molecular weight excluding hydrogens is 238 g/mol. The van der Waals surface area contributed by atoms with E-state index < -0.39 is 0 Å². The van der Waals surface area contributed by atoms with Gasteiger partial charge in [-0.05, 0) is 37.1 Å². The van der Waals surface area contributed by atoms with Gasteiger partial charge in [-0.2, -0.15) is 0 Å². The lowest BCUT2D eigenvalue weighted by Gasteiger charge is -2.16. The maximum Gasteiger partial charge on any atom is 0.124 e. The number of rotatable bonds is 8. The molecule has 1 unspecified atom stereocenters. The van der Waals surface area contributed by atoms with E-state index in [-0.39, 0.29) is 0 Å². The molecular formula is C16H27NO2. The van der Waals surface area contributed by atoms with E-state index in [0.29, 0.717) is 18.6 Å². The van der Waals surface area contributed by atoms with Crippen molar-refractivity contribution >= 4 is 0 Å². The van der Waals surface area contributed by atoms with Gasteiger partial charge in [0, 0.05) is 18.2 Å². The second kappa shape index (κ2) is 8.18. The third-order valence-corrected chi connectivity index (χ3v) is 3.02. The summed E-state index contributed by atoms with van der Waals surface area (Å²) in [6.45, 7) is 10.9. The smallest absolute Gasteiger partial charge is 0.124 e. The van der Waals surface area contributed by atoms with Crippen molar-refractivity contribution in [1.82, 2.24) is 5.32 Å². The molecule has 0 aliphatic rings. The van der Waals surface area contributed by atoms with Gasteiger partial charge in [0.25, 0.3) is 0 Å². The minimum Gasteiger partial charge on any atom is -0.496 e. The molecule has 1 rings (SSSR count). The van der Waals surface area contributed by atoms with Crippen molar-refractivity contribution in [1.29, 1.82) is 0 Å². The van der Waals surface area contributed by atoms with Gasteiger partial charge in [0.15, 0.2) is 0 Å². The van der Waals surface area contributed by atoms with Gasteiger partial charge in [0.05, 0.1) is 13.7 Å². The van der Waals surface area contributed by atoms with Crippen LogP contribution in [0.1, 0.15) is 44.9 Å². The van der Waals surface area contributed by atoms with Crippen molar-refractivity contribution < 1.29 is 9.47 Å². The quantitative estimate of drug-likeness (QED) is 0.780. The summed E-state index contributed by atoms with van der Waals surface area (Å²) < 4.78 is 11.1. The number of hydrogen-bond donors (Lipinski definition) is 1. The van der Waals surface area contributed by atoms with Crippen LogP contribution in [0.3, 0.4) is 0 Å². The zero-order valence-corrected chi connectivity index (χ0v) is 12.8. The standard InChI is InChI=1S/C16H27NO2/c1-6-17-13(4)14-7-8-16(18-5)15(9-14)11-19-10-12(2)3/h7-9,12-13,17H,6,10-11H2,1-5H3. The predicted molar refractivity (Wildman–Crippen MR) is 79.6 cm³/mol. The molecule has 1 N–H and O–H groups in total. The minimum absolute atomic E-state index is 0.347. The van der Waals surface area contributed by atoms with Gasteiger partial charge in [-0.15, -0.1) is 0 Å². The van der Waals surface area contributed by atoms with E-state index >= 15 is 0 Å². The molecule has 3 heteroatoms. The Labute approximate surface area is 117 Å². The third kappa shape index (κ3) is 5.21. The van der Waals surface area contributed by atoms with E-state index in [4.69, 9.17) is 9.47 Å². The molecule has 0 saturated carbocycles. The van der Waals surface area contributed by atoms with Crippen molar-refractivity contribution in [2.24, 2.45) is 5.92 Å². The lowest BCUT2D eigenvalue weighted by atomic mass is 10.0. The maximum atomic E-state index is 5.72. The van der Waals surface area contributed by atoms with Crippen LogP contribution >= 0.6 is 0 Å². The average molecular weight is 265 g/mol. The van der Waals surface area contributed by atoms with Gasteiger partial charge in [0.1, 0.15) is 5.75 Å². The molecule has 0 spiro atoms. The van der Waals surface area contributed by atoms with E-state index in [2.05, 4.69) is 45.1 Å². The molecule has 3 nitrogen and oxygen atoms in total. The topological polar surface area (TPSA) is 30.5 Å². The zero-order chi connectivity index (χ0) is 14.3. The van der Waals surface area contributed by atoms with Crippen LogP contribution in [-0.2, 0) is 11.3 Å². The summed E-state index contributed by atoms with van der Waals surface area (Å²) >= 11 is 0. The van der Waals surface area contributed by atoms with Gasteiger partial charge in [0.2, 0.25) is 0 Å². The highest BCUT2D eigenvalue weighted by Crippen LogP contribution is 2.24. The summed E-state index contributed by atoms with van der Waals surface area (Å²) in [4.78, 5) is 0. The Kier molecular flexibility index (Phi) is 6.89. The monoisotopic (exact) mass is 265 g/mol. The summed E-state index contributed by atoms with van der Waals surface area (Å²) in [5, 5.41) is 3.42. The van der Waals surface area contributed by atoms with E-state index in [1.807, 2.05) is 6.07 Å². The molecule has 0 fully saturated rings. The van der Waals surface area contributed by atoms with Gasteiger partial charge in [-0.3, -0.25) is 0 Å². The Balaban J connectivity index is 2.77. The number of ether oxygens (including phenoxy) is 2. The van der Waals surface area contributed by atoms with Gasteiger partial charge >= 0.3 is 0 Å². The van der Waals surface area contributed by atoms with Crippen LogP contribution in [-0.4, -0.2) is 20.3 Å². The largest absolute Gasteiger partial charge is 0.496 e. The maximum absolute atomic E-state index is 5.72. The molecule has 0 aliphatic carbocycles. The molecule has 0 amide bonds. The summed E-state index contributed by atoms with van der Waals surface area (Å²) in [6, 6.07) is 6.65. The zero-order valence-electron chi connectivity index (χ0n) is 12.8. The Morgan fingerprint density at radius 1 is 1.21 bits per heavy atom. The fourth-order valence-electron chi connectivity index (χ4n) is 2.01. The number of benzene rings is 1. The van der Waals surface area contributed by atoms with Crippen LogP contribution in [0.5, 0.6) is 5.75 Å². The lowest BCUT2D eigenvalue weighted by molar-refractivity contribution is 0.0955. The van der Waals surface area contributed by atoms with E-state index in [1.54, 1.807) is 7.11 Å². The highest BCUT2D eigenvalue weighted by molar-refractivity contribution is 5.38. The van der Waals surface area contributed by atoms with E-state index in [1.165, 1.54) is 5.56 Å². The second-order valence-electron chi connectivity index (χ2n) is 5.26. The highest BCUT2D eigenvalue weighted by Gasteiger charge is 2.09. The summed E-state index contributed by atoms with van der Waals surface area (Å²) in [7, 11) is 1.70. The van der Waals surface area contributed by atoms with E-state index in [9.17, 15) is 0 Å². The molecule has 0 saturated heterocycles. The summed E-state index contributed by atoms with van der Waals surface area (Å²) in [5.74, 6) is 1.45. The van der Waals surface area contributed by atoms with Gasteiger partial charge < -0.3 is 14.8 Å². The summed E-state index contributed by atoms with van der Waals surface area (Å²) in [5.41, 5.74) is 2.39. The van der Waals surface area contributed by atoms with Crippen LogP contribution < -0.4 is 10.1 Å². The molecule has 19 heavy (non-hydrogen) atoms. The Morgan fingerprint density at radius 3 is 2.53 bits per heavy atom. The molecule has 0 radical (unpaired) electrons. The molecule has 0 aromatic heterocycles. The second-order valence-corrected chi connectivity index (χ2v) is 5.26. The lowest BCUT2D eigenvalue weighted by Crippen LogP contribution is -2.18. The molecule has 1 aromatic carbocycles. The highest BCUT2D eigenvalue weighted by atomic mass is 16.5. The molecule has 1 aromatic rings. The van der Waals surface area contributed by atoms with Crippen LogP contribution in [0.25, 0.3) is 0 Å². The van der Waals surface area contributed by atoms with E-state index in [0.717, 1.165) is 24.5 Å². The first-order valence-electron chi connectivity index (χ1n) is 7.06. The number of methoxy groups -OCH3 is 1. The number of hydrogen-bond acceptors (Lipinski definition) is 3. The fourth-order valence-corrected chi connectivity index (χ4v) is 2.01. The van der Waals surface area contributed by atoms with Crippen LogP contribution in [0.2, 0.25) is 0 Å². The van der Waals surface area contributed by atoms with Crippen molar-refractivity contribution in [3.8, 4) is 5.75 Å². The molecule has 108 valence electrons. The van der Waals surface area contributed by atoms with Crippen molar-refractivity contribution in [3.05, 3.63) is 29.3 Å². The van der Waals surface area contributed by atoms with Crippen LogP contribution in [0.15, 0.2) is 18.2 Å². The minimum atomic E-state index is 0.347. The van der Waals surface area contributed by atoms with Crippen molar-refractivity contribution in [2.75, 3.05) is 20.3 Å². The first-order valence-corrected chi connectivity index (χ1v) is 7.06. The van der Waals surface area contributed by atoms with Crippen molar-refractivity contribution in [2.45, 2.75) is 40.3 Å². The Bertz CT molecular complexity index is 377. The fraction of sp³-hybridized carbons (Fsp3) is 0.625. The van der Waals surface area contributed by atoms with Gasteiger partial charge in [-0.25, -0.2) is 0 Å². The first-order chi connectivity index (χ1) is 9.08. The first kappa shape index (κ1) is 16.0.